The zero-order valence-corrected chi connectivity index (χ0v) is 20.1. The van der Waals surface area contributed by atoms with Crippen LogP contribution in [0, 0.1) is 35.3 Å². The van der Waals surface area contributed by atoms with Crippen LogP contribution in [0.1, 0.15) is 103 Å². The first-order chi connectivity index (χ1) is 15.6. The van der Waals surface area contributed by atoms with Crippen LogP contribution in [0.2, 0.25) is 0 Å². The van der Waals surface area contributed by atoms with Gasteiger partial charge >= 0.3 is 0 Å². The predicted molar refractivity (Wildman–Crippen MR) is 125 cm³/mol. The van der Waals surface area contributed by atoms with Crippen LogP contribution in [-0.4, -0.2) is 12.7 Å². The second-order valence-electron chi connectivity index (χ2n) is 10.7. The van der Waals surface area contributed by atoms with Crippen molar-refractivity contribution in [1.82, 2.24) is 0 Å². The molecule has 0 N–H and O–H groups in total. The third-order valence-corrected chi connectivity index (χ3v) is 8.61. The number of fused-ring (bicyclic) bond motifs is 1. The average Bonchev–Trinajstić information content (AvgIpc) is 2.84. The molecule has 0 spiro atoms. The summed E-state index contributed by atoms with van der Waals surface area (Å²) in [6, 6.07) is 1.68. The summed E-state index contributed by atoms with van der Waals surface area (Å²) >= 11 is 0. The highest BCUT2D eigenvalue weighted by atomic mass is 19.2. The van der Waals surface area contributed by atoms with E-state index < -0.39 is 11.6 Å². The Kier molecular flexibility index (Phi) is 8.34. The van der Waals surface area contributed by atoms with Gasteiger partial charge < -0.3 is 9.47 Å². The van der Waals surface area contributed by atoms with Crippen molar-refractivity contribution in [2.24, 2.45) is 23.7 Å². The van der Waals surface area contributed by atoms with Crippen LogP contribution in [-0.2, 0) is 6.42 Å². The molecule has 1 unspecified atom stereocenters. The second-order valence-corrected chi connectivity index (χ2v) is 10.7. The van der Waals surface area contributed by atoms with Crippen molar-refractivity contribution in [2.75, 3.05) is 6.61 Å². The first kappa shape index (κ1) is 23.8. The van der Waals surface area contributed by atoms with E-state index in [1.807, 2.05) is 0 Å². The highest BCUT2D eigenvalue weighted by molar-refractivity contribution is 5.44. The molecule has 3 aliphatic rings. The summed E-state index contributed by atoms with van der Waals surface area (Å²) in [5.41, 5.74) is 0.748. The van der Waals surface area contributed by atoms with E-state index in [1.165, 1.54) is 44.9 Å². The lowest BCUT2D eigenvalue weighted by atomic mass is 9.69. The number of halogens is 2. The molecular formula is C28H42F2O2. The van der Waals surface area contributed by atoms with Crippen molar-refractivity contribution in [3.63, 3.8) is 0 Å². The van der Waals surface area contributed by atoms with Crippen LogP contribution in [0.25, 0.3) is 0 Å². The van der Waals surface area contributed by atoms with E-state index in [-0.39, 0.29) is 17.6 Å². The van der Waals surface area contributed by atoms with Gasteiger partial charge in [0.15, 0.2) is 11.5 Å². The van der Waals surface area contributed by atoms with Gasteiger partial charge in [0.1, 0.15) is 0 Å². The van der Waals surface area contributed by atoms with Crippen molar-refractivity contribution in [2.45, 2.75) is 110 Å². The van der Waals surface area contributed by atoms with Gasteiger partial charge in [-0.15, -0.1) is 0 Å². The molecule has 4 rings (SSSR count). The molecule has 32 heavy (non-hydrogen) atoms. The minimum atomic E-state index is -0.888. The van der Waals surface area contributed by atoms with E-state index in [2.05, 4.69) is 13.8 Å². The number of hydrogen-bond acceptors (Lipinski definition) is 2. The maximum absolute atomic E-state index is 14.7. The van der Waals surface area contributed by atoms with Gasteiger partial charge in [0.25, 0.3) is 0 Å². The summed E-state index contributed by atoms with van der Waals surface area (Å²) in [6.45, 7) is 4.94. The molecule has 2 nitrogen and oxygen atoms in total. The minimum absolute atomic E-state index is 0.00433. The van der Waals surface area contributed by atoms with Crippen LogP contribution in [0.3, 0.4) is 0 Å². The van der Waals surface area contributed by atoms with Crippen LogP contribution in [0.5, 0.6) is 11.5 Å². The van der Waals surface area contributed by atoms with Crippen LogP contribution >= 0.6 is 0 Å². The van der Waals surface area contributed by atoms with E-state index >= 15 is 0 Å². The zero-order valence-electron chi connectivity index (χ0n) is 20.1. The topological polar surface area (TPSA) is 18.5 Å². The highest BCUT2D eigenvalue weighted by Gasteiger charge is 2.31. The number of hydrogen-bond donors (Lipinski definition) is 0. The minimum Gasteiger partial charge on any atom is -0.490 e. The maximum Gasteiger partial charge on any atom is 0.204 e. The normalized spacial score (nSPS) is 30.4. The fourth-order valence-electron chi connectivity index (χ4n) is 6.33. The van der Waals surface area contributed by atoms with Gasteiger partial charge in [0.2, 0.25) is 11.6 Å². The molecule has 1 aromatic carbocycles. The molecule has 2 saturated carbocycles. The van der Waals surface area contributed by atoms with Gasteiger partial charge in [-0.25, -0.2) is 0 Å². The Balaban J connectivity index is 1.27. The van der Waals surface area contributed by atoms with Gasteiger partial charge in [-0.1, -0.05) is 46.0 Å². The summed E-state index contributed by atoms with van der Waals surface area (Å²) in [4.78, 5) is 0. The van der Waals surface area contributed by atoms with Gasteiger partial charge in [-0.05, 0) is 87.5 Å². The summed E-state index contributed by atoms with van der Waals surface area (Å²) in [5.74, 6) is 1.60. The first-order valence-electron chi connectivity index (χ1n) is 13.4. The number of ether oxygens (including phenoxy) is 2. The fourth-order valence-corrected chi connectivity index (χ4v) is 6.33. The van der Waals surface area contributed by atoms with Crippen molar-refractivity contribution in [3.8, 4) is 11.5 Å². The Hall–Kier alpha value is -1.32. The Morgan fingerprint density at radius 1 is 0.875 bits per heavy atom. The Morgan fingerprint density at radius 2 is 1.53 bits per heavy atom. The Bertz CT molecular complexity index is 733. The summed E-state index contributed by atoms with van der Waals surface area (Å²) in [6.07, 6.45) is 16.4. The quantitative estimate of drug-likeness (QED) is 0.398. The summed E-state index contributed by atoms with van der Waals surface area (Å²) in [7, 11) is 0. The molecule has 0 amide bonds. The number of aryl methyl sites for hydroxylation is 1. The molecule has 2 fully saturated rings. The molecule has 0 saturated heterocycles. The van der Waals surface area contributed by atoms with Crippen molar-refractivity contribution in [3.05, 3.63) is 23.3 Å². The molecule has 0 bridgehead atoms. The second kappa shape index (κ2) is 11.2. The largest absolute Gasteiger partial charge is 0.490 e. The summed E-state index contributed by atoms with van der Waals surface area (Å²) in [5, 5.41) is 0. The van der Waals surface area contributed by atoms with E-state index in [4.69, 9.17) is 9.47 Å². The van der Waals surface area contributed by atoms with E-state index in [0.29, 0.717) is 12.5 Å². The van der Waals surface area contributed by atoms with E-state index in [0.717, 1.165) is 68.3 Å². The van der Waals surface area contributed by atoms with Crippen LogP contribution < -0.4 is 9.47 Å². The molecule has 2 aliphatic carbocycles. The Morgan fingerprint density at radius 3 is 2.16 bits per heavy atom. The highest BCUT2D eigenvalue weighted by Crippen LogP contribution is 2.42. The zero-order chi connectivity index (χ0) is 22.5. The van der Waals surface area contributed by atoms with Crippen molar-refractivity contribution in [1.29, 1.82) is 0 Å². The van der Waals surface area contributed by atoms with Gasteiger partial charge in [0, 0.05) is 5.56 Å². The molecule has 1 aliphatic heterocycles. The number of benzene rings is 1. The fraction of sp³-hybridized carbons (Fsp3) is 0.786. The lowest BCUT2D eigenvalue weighted by molar-refractivity contribution is 0.120. The lowest BCUT2D eigenvalue weighted by Crippen LogP contribution is -2.27. The standard InChI is InChI=1S/C28H42F2O2/c1-3-5-6-24-16-15-23-17-25(26(29)27(30)28(23)32-24)31-18-20-9-13-22(14-10-20)21-11-7-19(4-2)8-12-21/h17,19-22,24H,3-16,18H2,1-2H3. The Labute approximate surface area is 193 Å². The van der Waals surface area contributed by atoms with Gasteiger partial charge in [-0.2, -0.15) is 8.78 Å². The molecular weight excluding hydrogens is 406 g/mol. The molecule has 0 aromatic heterocycles. The van der Waals surface area contributed by atoms with Crippen molar-refractivity contribution >= 4 is 0 Å². The lowest BCUT2D eigenvalue weighted by Gasteiger charge is -2.37. The predicted octanol–water partition coefficient (Wildman–Crippen LogP) is 8.25. The first-order valence-corrected chi connectivity index (χ1v) is 13.4. The van der Waals surface area contributed by atoms with Crippen LogP contribution in [0.15, 0.2) is 6.07 Å². The van der Waals surface area contributed by atoms with Crippen LogP contribution in [0.4, 0.5) is 8.78 Å². The average molecular weight is 449 g/mol. The maximum atomic E-state index is 14.7. The number of unbranched alkanes of at least 4 members (excludes halogenated alkanes) is 1. The van der Waals surface area contributed by atoms with E-state index in [1.54, 1.807) is 6.07 Å². The molecule has 0 radical (unpaired) electrons. The third kappa shape index (κ3) is 5.59. The smallest absolute Gasteiger partial charge is 0.204 e. The SMILES string of the molecule is CCCCC1CCc2cc(OCC3CCC(C4CCC(CC)CC4)CC3)c(F)c(F)c2O1. The van der Waals surface area contributed by atoms with E-state index in [9.17, 15) is 8.78 Å². The molecule has 1 atom stereocenters. The number of rotatable bonds is 8. The molecule has 4 heteroatoms. The van der Waals surface area contributed by atoms with Gasteiger partial charge in [0.05, 0.1) is 12.7 Å². The van der Waals surface area contributed by atoms with Gasteiger partial charge in [-0.3, -0.25) is 0 Å². The van der Waals surface area contributed by atoms with Crippen molar-refractivity contribution < 1.29 is 18.3 Å². The third-order valence-electron chi connectivity index (χ3n) is 8.61. The molecule has 1 aromatic rings. The summed E-state index contributed by atoms with van der Waals surface area (Å²) < 4.78 is 41.1. The molecule has 1 heterocycles. The molecule has 180 valence electrons. The monoisotopic (exact) mass is 448 g/mol.